The Morgan fingerprint density at radius 1 is 1.50 bits per heavy atom. The van der Waals surface area contributed by atoms with Crippen molar-refractivity contribution in [3.8, 4) is 5.69 Å². The van der Waals surface area contributed by atoms with Crippen LogP contribution in [0.3, 0.4) is 0 Å². The molecule has 0 radical (unpaired) electrons. The highest BCUT2D eigenvalue weighted by Crippen LogP contribution is 2.24. The topological polar surface area (TPSA) is 88.0 Å². The minimum Gasteiger partial charge on any atom is -0.324 e. The van der Waals surface area contributed by atoms with Gasteiger partial charge in [0.05, 0.1) is 22.9 Å². The highest BCUT2D eigenvalue weighted by atomic mass is 35.5. The smallest absolute Gasteiger partial charge is 0.238 e. The summed E-state index contributed by atoms with van der Waals surface area (Å²) in [6.45, 7) is 5.09. The third-order valence-corrected chi connectivity index (χ3v) is 4.15. The van der Waals surface area contributed by atoms with Gasteiger partial charge in [-0.1, -0.05) is 11.6 Å². The van der Waals surface area contributed by atoms with Crippen LogP contribution in [0.4, 0.5) is 5.69 Å². The number of nitrogens with one attached hydrogen (secondary N) is 2. The molecule has 2 aromatic rings. The third kappa shape index (κ3) is 4.41. The number of hydrogen-bond donors (Lipinski definition) is 2. The van der Waals surface area contributed by atoms with E-state index in [9.17, 15) is 4.79 Å². The Balaban J connectivity index is 0.00000208. The van der Waals surface area contributed by atoms with E-state index in [1.165, 1.54) is 11.0 Å². The van der Waals surface area contributed by atoms with E-state index >= 15 is 0 Å². The van der Waals surface area contributed by atoms with Gasteiger partial charge in [-0.05, 0) is 35.5 Å². The van der Waals surface area contributed by atoms with Crippen LogP contribution < -0.4 is 10.6 Å². The first-order valence-electron chi connectivity index (χ1n) is 7.41. The van der Waals surface area contributed by atoms with Crippen molar-refractivity contribution in [2.45, 2.75) is 13.0 Å². The monoisotopic (exact) mass is 371 g/mol. The summed E-state index contributed by atoms with van der Waals surface area (Å²) in [5.41, 5.74) is 1.28. The SMILES string of the molecule is C[C@@H]1CNCCN1CC(=O)Nc1cc(-n2cnnn2)ccc1Cl.Cl. The molecule has 0 unspecified atom stereocenters. The van der Waals surface area contributed by atoms with E-state index in [0.29, 0.717) is 23.3 Å². The molecule has 130 valence electrons. The van der Waals surface area contributed by atoms with Gasteiger partial charge >= 0.3 is 0 Å². The summed E-state index contributed by atoms with van der Waals surface area (Å²) in [5.74, 6) is -0.0884. The number of carbonyl (C=O) groups excluding carboxylic acids is 1. The van der Waals surface area contributed by atoms with Gasteiger partial charge in [0.15, 0.2) is 0 Å². The summed E-state index contributed by atoms with van der Waals surface area (Å²) in [7, 11) is 0. The minimum atomic E-state index is -0.0884. The Hall–Kier alpha value is -1.74. The molecular formula is C14H19Cl2N7O. The number of anilines is 1. The second kappa shape index (κ2) is 8.39. The third-order valence-electron chi connectivity index (χ3n) is 3.82. The fraction of sp³-hybridized carbons (Fsp3) is 0.429. The fourth-order valence-electron chi connectivity index (χ4n) is 2.52. The zero-order valence-corrected chi connectivity index (χ0v) is 14.7. The molecule has 0 bridgehead atoms. The van der Waals surface area contributed by atoms with E-state index in [1.54, 1.807) is 18.2 Å². The van der Waals surface area contributed by atoms with Crippen LogP contribution in [-0.4, -0.2) is 63.2 Å². The average Bonchev–Trinajstić information content (AvgIpc) is 3.06. The van der Waals surface area contributed by atoms with E-state index in [-0.39, 0.29) is 18.3 Å². The summed E-state index contributed by atoms with van der Waals surface area (Å²) in [4.78, 5) is 14.4. The number of nitrogens with zero attached hydrogens (tertiary/aromatic N) is 5. The van der Waals surface area contributed by atoms with Gasteiger partial charge in [0, 0.05) is 25.7 Å². The molecule has 10 heteroatoms. The number of benzene rings is 1. The maximum absolute atomic E-state index is 12.3. The number of piperazine rings is 1. The van der Waals surface area contributed by atoms with Gasteiger partial charge in [0.25, 0.3) is 0 Å². The largest absolute Gasteiger partial charge is 0.324 e. The van der Waals surface area contributed by atoms with Crippen LogP contribution in [-0.2, 0) is 4.79 Å². The second-order valence-electron chi connectivity index (χ2n) is 5.49. The Bertz CT molecular complexity index is 680. The molecule has 0 spiro atoms. The Morgan fingerprint density at radius 2 is 2.33 bits per heavy atom. The van der Waals surface area contributed by atoms with Crippen LogP contribution in [0.15, 0.2) is 24.5 Å². The fourth-order valence-corrected chi connectivity index (χ4v) is 2.69. The Labute approximate surface area is 150 Å². The average molecular weight is 372 g/mol. The van der Waals surface area contributed by atoms with Crippen molar-refractivity contribution in [2.24, 2.45) is 0 Å². The maximum atomic E-state index is 12.3. The zero-order valence-electron chi connectivity index (χ0n) is 13.1. The van der Waals surface area contributed by atoms with Crippen molar-refractivity contribution >= 4 is 35.6 Å². The standard InChI is InChI=1S/C14H18ClN7O.ClH/c1-10-7-16-4-5-21(10)8-14(23)18-13-6-11(2-3-12(13)15)22-9-17-19-20-22;/h2-3,6,9-10,16H,4-5,7-8H2,1H3,(H,18,23);1H/t10-;/m1./s1. The molecule has 1 aliphatic heterocycles. The van der Waals surface area contributed by atoms with E-state index in [2.05, 4.69) is 38.0 Å². The number of aromatic nitrogens is 4. The van der Waals surface area contributed by atoms with Crippen LogP contribution in [0.2, 0.25) is 5.02 Å². The second-order valence-corrected chi connectivity index (χ2v) is 5.90. The molecule has 24 heavy (non-hydrogen) atoms. The predicted octanol–water partition coefficient (Wildman–Crippen LogP) is 0.970. The quantitative estimate of drug-likeness (QED) is 0.832. The van der Waals surface area contributed by atoms with Gasteiger partial charge in [-0.15, -0.1) is 17.5 Å². The highest BCUT2D eigenvalue weighted by molar-refractivity contribution is 6.33. The van der Waals surface area contributed by atoms with Crippen molar-refractivity contribution < 1.29 is 4.79 Å². The van der Waals surface area contributed by atoms with E-state index in [1.807, 2.05) is 0 Å². The van der Waals surface area contributed by atoms with Gasteiger partial charge in [-0.25, -0.2) is 4.68 Å². The molecule has 0 saturated carbocycles. The molecule has 2 heterocycles. The van der Waals surface area contributed by atoms with Gasteiger partial charge in [-0.2, -0.15) is 0 Å². The first-order chi connectivity index (χ1) is 11.1. The Kier molecular flexibility index (Phi) is 6.50. The summed E-state index contributed by atoms with van der Waals surface area (Å²) >= 11 is 6.17. The highest BCUT2D eigenvalue weighted by Gasteiger charge is 2.20. The lowest BCUT2D eigenvalue weighted by Crippen LogP contribution is -2.52. The normalized spacial score (nSPS) is 18.0. The van der Waals surface area contributed by atoms with E-state index in [0.717, 1.165) is 25.3 Å². The van der Waals surface area contributed by atoms with Crippen LogP contribution in [0.25, 0.3) is 5.69 Å². The molecule has 1 amide bonds. The first kappa shape index (κ1) is 18.6. The van der Waals surface area contributed by atoms with Gasteiger partial charge < -0.3 is 10.6 Å². The van der Waals surface area contributed by atoms with Crippen molar-refractivity contribution in [3.63, 3.8) is 0 Å². The number of rotatable bonds is 4. The molecule has 1 atom stereocenters. The molecule has 1 aromatic heterocycles. The van der Waals surface area contributed by atoms with Crippen molar-refractivity contribution in [1.29, 1.82) is 0 Å². The molecule has 1 aromatic carbocycles. The number of tetrazole rings is 1. The lowest BCUT2D eigenvalue weighted by Gasteiger charge is -2.33. The molecule has 8 nitrogen and oxygen atoms in total. The molecular weight excluding hydrogens is 353 g/mol. The van der Waals surface area contributed by atoms with E-state index < -0.39 is 0 Å². The summed E-state index contributed by atoms with van der Waals surface area (Å²) in [6.07, 6.45) is 1.48. The lowest BCUT2D eigenvalue weighted by molar-refractivity contribution is -0.118. The van der Waals surface area contributed by atoms with Crippen LogP contribution in [0.1, 0.15) is 6.92 Å². The maximum Gasteiger partial charge on any atom is 0.238 e. The molecule has 0 aliphatic carbocycles. The van der Waals surface area contributed by atoms with Gasteiger partial charge in [0.1, 0.15) is 6.33 Å². The molecule has 1 saturated heterocycles. The Morgan fingerprint density at radius 3 is 3.04 bits per heavy atom. The van der Waals surface area contributed by atoms with Crippen LogP contribution in [0.5, 0.6) is 0 Å². The van der Waals surface area contributed by atoms with Crippen molar-refractivity contribution in [3.05, 3.63) is 29.5 Å². The zero-order chi connectivity index (χ0) is 16.2. The first-order valence-corrected chi connectivity index (χ1v) is 7.79. The number of halogens is 2. The molecule has 1 aliphatic rings. The molecule has 1 fully saturated rings. The molecule has 3 rings (SSSR count). The molecule has 2 N–H and O–H groups in total. The number of amides is 1. The summed E-state index contributed by atoms with van der Waals surface area (Å²) < 4.78 is 1.50. The van der Waals surface area contributed by atoms with Gasteiger partial charge in [-0.3, -0.25) is 9.69 Å². The lowest BCUT2D eigenvalue weighted by atomic mass is 10.2. The van der Waals surface area contributed by atoms with E-state index in [4.69, 9.17) is 11.6 Å². The van der Waals surface area contributed by atoms with Crippen LogP contribution in [0, 0.1) is 0 Å². The summed E-state index contributed by atoms with van der Waals surface area (Å²) in [6, 6.07) is 5.57. The van der Waals surface area contributed by atoms with Crippen molar-refractivity contribution in [1.82, 2.24) is 30.4 Å². The number of carbonyl (C=O) groups is 1. The summed E-state index contributed by atoms with van der Waals surface area (Å²) in [5, 5.41) is 17.7. The van der Waals surface area contributed by atoms with Crippen molar-refractivity contribution in [2.75, 3.05) is 31.5 Å². The minimum absolute atomic E-state index is 0. The van der Waals surface area contributed by atoms with Crippen LogP contribution >= 0.6 is 24.0 Å². The van der Waals surface area contributed by atoms with Gasteiger partial charge in [0.2, 0.25) is 5.91 Å². The number of hydrogen-bond acceptors (Lipinski definition) is 6. The predicted molar refractivity (Wildman–Crippen MR) is 93.9 cm³/mol.